The largest absolute Gasteiger partial charge is 0.508 e. The highest BCUT2D eigenvalue weighted by atomic mass is 35.5. The minimum absolute atomic E-state index is 0.0203. The molecule has 0 radical (unpaired) electrons. The molecule has 2 N–H and O–H groups in total. The lowest BCUT2D eigenvalue weighted by Crippen LogP contribution is -2.43. The first-order valence-corrected chi connectivity index (χ1v) is 15.7. The third-order valence-electron chi connectivity index (χ3n) is 10.0. The molecular weight excluding hydrogens is 572 g/mol. The van der Waals surface area contributed by atoms with E-state index in [1.807, 2.05) is 24.3 Å². The van der Waals surface area contributed by atoms with Crippen molar-refractivity contribution in [2.45, 2.75) is 62.3 Å². The van der Waals surface area contributed by atoms with E-state index in [0.29, 0.717) is 41.8 Å². The average Bonchev–Trinajstić information content (AvgIpc) is 3.62. The molecule has 4 aliphatic rings. The first kappa shape index (κ1) is 27.3. The first-order chi connectivity index (χ1) is 20.9. The summed E-state index contributed by atoms with van der Waals surface area (Å²) < 4.78 is 37.6. The van der Waals surface area contributed by atoms with E-state index in [1.165, 1.54) is 6.07 Å². The number of ether oxygens (including phenoxy) is 1. The molecule has 8 rings (SSSR count). The number of aromatic hydroxyl groups is 1. The molecule has 4 fully saturated rings. The lowest BCUT2D eigenvalue weighted by atomic mass is 9.95. The lowest BCUT2D eigenvalue weighted by Gasteiger charge is -2.31. The predicted octanol–water partition coefficient (Wildman–Crippen LogP) is 6.23. The number of hydrogen-bond donors (Lipinski definition) is 2. The molecule has 0 aliphatic carbocycles. The van der Waals surface area contributed by atoms with Gasteiger partial charge in [-0.15, -0.1) is 0 Å². The van der Waals surface area contributed by atoms with Crippen LogP contribution in [0.1, 0.15) is 38.5 Å². The van der Waals surface area contributed by atoms with Gasteiger partial charge in [0.25, 0.3) is 0 Å². The van der Waals surface area contributed by atoms with E-state index in [9.17, 15) is 9.50 Å². The molecule has 0 spiro atoms. The van der Waals surface area contributed by atoms with Gasteiger partial charge in [0.05, 0.1) is 10.6 Å². The van der Waals surface area contributed by atoms with Crippen molar-refractivity contribution in [3.8, 4) is 22.9 Å². The maximum atomic E-state index is 16.8. The Kier molecular flexibility index (Phi) is 6.62. The van der Waals surface area contributed by atoms with Crippen LogP contribution in [0, 0.1) is 5.82 Å². The van der Waals surface area contributed by atoms with E-state index in [1.54, 1.807) is 12.1 Å². The van der Waals surface area contributed by atoms with Crippen molar-refractivity contribution in [2.24, 2.45) is 0 Å². The van der Waals surface area contributed by atoms with Crippen LogP contribution < -0.4 is 15.0 Å². The number of benzene rings is 3. The van der Waals surface area contributed by atoms with Gasteiger partial charge in [-0.05, 0) is 73.2 Å². The van der Waals surface area contributed by atoms with Crippen LogP contribution in [0.5, 0.6) is 11.8 Å². The summed E-state index contributed by atoms with van der Waals surface area (Å²) in [6.07, 6.45) is 4.60. The number of anilines is 1. The summed E-state index contributed by atoms with van der Waals surface area (Å²) >= 11 is 6.88. The lowest BCUT2D eigenvalue weighted by molar-refractivity contribution is 0.107. The Labute approximate surface area is 253 Å². The third kappa shape index (κ3) is 4.67. The summed E-state index contributed by atoms with van der Waals surface area (Å²) in [5, 5.41) is 16.5. The van der Waals surface area contributed by atoms with Crippen LogP contribution in [0.15, 0.2) is 42.5 Å². The molecule has 10 heteroatoms. The number of aromatic nitrogens is 2. The quantitative estimate of drug-likeness (QED) is 0.279. The van der Waals surface area contributed by atoms with Gasteiger partial charge in [0, 0.05) is 49.1 Å². The zero-order valence-corrected chi connectivity index (χ0v) is 24.6. The summed E-state index contributed by atoms with van der Waals surface area (Å²) in [6, 6.07) is 13.3. The second-order valence-electron chi connectivity index (χ2n) is 12.7. The topological polar surface area (TPSA) is 73.8 Å². The molecule has 2 bridgehead atoms. The van der Waals surface area contributed by atoms with Crippen LogP contribution >= 0.6 is 11.6 Å². The predicted molar refractivity (Wildman–Crippen MR) is 164 cm³/mol. The van der Waals surface area contributed by atoms with E-state index < -0.39 is 12.0 Å². The van der Waals surface area contributed by atoms with Gasteiger partial charge in [0.15, 0.2) is 5.82 Å². The molecule has 7 nitrogen and oxygen atoms in total. The summed E-state index contributed by atoms with van der Waals surface area (Å²) in [5.74, 6) is 0.0245. The van der Waals surface area contributed by atoms with E-state index in [2.05, 4.69) is 20.1 Å². The summed E-state index contributed by atoms with van der Waals surface area (Å²) in [4.78, 5) is 13.9. The third-order valence-corrected chi connectivity index (χ3v) is 10.3. The van der Waals surface area contributed by atoms with Crippen molar-refractivity contribution in [1.82, 2.24) is 20.2 Å². The number of hydrogen-bond acceptors (Lipinski definition) is 7. The van der Waals surface area contributed by atoms with Crippen LogP contribution in [-0.2, 0) is 0 Å². The minimum atomic E-state index is -0.878. The highest BCUT2D eigenvalue weighted by Gasteiger charge is 2.49. The zero-order valence-electron chi connectivity index (χ0n) is 23.8. The van der Waals surface area contributed by atoms with Crippen molar-refractivity contribution in [1.29, 1.82) is 0 Å². The Morgan fingerprint density at radius 3 is 2.81 bits per heavy atom. The number of nitrogens with zero attached hydrogens (tertiary/aromatic N) is 4. The van der Waals surface area contributed by atoms with Crippen LogP contribution in [0.25, 0.3) is 32.8 Å². The average molecular weight is 606 g/mol. The molecule has 4 aliphatic heterocycles. The summed E-state index contributed by atoms with van der Waals surface area (Å²) in [7, 11) is 0. The number of fused-ring (bicyclic) bond motifs is 5. The Morgan fingerprint density at radius 2 is 1.91 bits per heavy atom. The van der Waals surface area contributed by atoms with Gasteiger partial charge in [-0.25, -0.2) is 8.78 Å². The molecule has 5 heterocycles. The molecule has 0 saturated carbocycles. The summed E-state index contributed by atoms with van der Waals surface area (Å²) in [6.45, 7) is 3.03. The molecule has 0 amide bonds. The highest BCUT2D eigenvalue weighted by Crippen LogP contribution is 2.44. The van der Waals surface area contributed by atoms with E-state index in [0.717, 1.165) is 62.5 Å². The van der Waals surface area contributed by atoms with Crippen LogP contribution in [0.4, 0.5) is 14.6 Å². The number of alkyl halides is 1. The van der Waals surface area contributed by atoms with Crippen molar-refractivity contribution >= 4 is 39.1 Å². The SMILES string of the molecule is Oc1cc(-c2c(Cl)cc3c(N4CC[C@H]5CCC(C4)N5)nc(OC[C@@]45CCCN4C[C@H](F)C5)nc3c2F)c2ccccc2c1. The van der Waals surface area contributed by atoms with Gasteiger partial charge in [-0.1, -0.05) is 35.9 Å². The minimum Gasteiger partial charge on any atom is -0.508 e. The van der Waals surface area contributed by atoms with E-state index in [4.69, 9.17) is 21.3 Å². The van der Waals surface area contributed by atoms with Gasteiger partial charge < -0.3 is 20.1 Å². The molecule has 43 heavy (non-hydrogen) atoms. The fourth-order valence-electron chi connectivity index (χ4n) is 8.00. The maximum Gasteiger partial charge on any atom is 0.319 e. The van der Waals surface area contributed by atoms with Gasteiger partial charge in [0.1, 0.15) is 29.9 Å². The van der Waals surface area contributed by atoms with Gasteiger partial charge in [-0.2, -0.15) is 9.97 Å². The van der Waals surface area contributed by atoms with Crippen LogP contribution in [0.3, 0.4) is 0 Å². The maximum absolute atomic E-state index is 16.8. The van der Waals surface area contributed by atoms with Gasteiger partial charge >= 0.3 is 6.01 Å². The number of halogens is 3. The molecule has 1 unspecified atom stereocenters. The molecule has 1 aromatic heterocycles. The Bertz CT molecular complexity index is 1740. The molecule has 4 aromatic rings. The van der Waals surface area contributed by atoms with E-state index in [-0.39, 0.29) is 40.0 Å². The molecular formula is C33H34ClF2N5O2. The highest BCUT2D eigenvalue weighted by molar-refractivity contribution is 6.35. The van der Waals surface area contributed by atoms with Crippen molar-refractivity contribution in [2.75, 3.05) is 37.7 Å². The molecule has 224 valence electrons. The number of phenolic OH excluding ortho intramolecular Hbond substituents is 1. The number of rotatable bonds is 5. The Morgan fingerprint density at radius 1 is 1.05 bits per heavy atom. The van der Waals surface area contributed by atoms with Gasteiger partial charge in [-0.3, -0.25) is 4.90 Å². The number of nitrogens with one attached hydrogen (secondary N) is 1. The van der Waals surface area contributed by atoms with Crippen molar-refractivity contribution in [3.05, 3.63) is 53.3 Å². The molecule has 3 aromatic carbocycles. The standard InChI is InChI=1S/C33H34ClF2N5O2/c34-27-14-26-30(29(36)28(27)25-13-23(42)12-19-4-1-2-5-24(19)25)38-32(43-18-33-9-3-10-41(33)16-20(35)15-33)39-31(26)40-11-8-21-6-7-22(17-40)37-21/h1-2,4-5,12-14,20-22,37,42H,3,6-11,15-18H2/t20-,21-,22?,33+/m1/s1. The van der Waals surface area contributed by atoms with Crippen molar-refractivity contribution in [3.63, 3.8) is 0 Å². The van der Waals surface area contributed by atoms with E-state index >= 15 is 4.39 Å². The first-order valence-electron chi connectivity index (χ1n) is 15.3. The second-order valence-corrected chi connectivity index (χ2v) is 13.1. The zero-order chi connectivity index (χ0) is 29.3. The second kappa shape index (κ2) is 10.4. The Hall–Kier alpha value is -3.27. The molecule has 4 atom stereocenters. The normalized spacial score (nSPS) is 27.2. The number of phenols is 1. The smallest absolute Gasteiger partial charge is 0.319 e. The summed E-state index contributed by atoms with van der Waals surface area (Å²) in [5.41, 5.74) is 0.391. The van der Waals surface area contributed by atoms with Crippen molar-refractivity contribution < 1.29 is 18.6 Å². The fourth-order valence-corrected chi connectivity index (χ4v) is 8.29. The van der Waals surface area contributed by atoms with Gasteiger partial charge in [0.2, 0.25) is 0 Å². The fraction of sp³-hybridized carbons (Fsp3) is 0.455. The Balaban J connectivity index is 1.27. The van der Waals surface area contributed by atoms with Crippen LogP contribution in [-0.4, -0.2) is 76.6 Å². The van der Waals surface area contributed by atoms with Crippen LogP contribution in [0.2, 0.25) is 5.02 Å². The monoisotopic (exact) mass is 605 g/mol. The molecule has 4 saturated heterocycles.